The fraction of sp³-hybridized carbons (Fsp3) is 1.00. The van der Waals surface area contributed by atoms with Crippen LogP contribution in [0.3, 0.4) is 0 Å². The molecule has 0 aromatic carbocycles. The molecule has 116 valence electrons. The Morgan fingerprint density at radius 3 is 0.905 bits per heavy atom. The van der Waals surface area contributed by atoms with E-state index in [2.05, 4.69) is 0 Å². The van der Waals surface area contributed by atoms with Gasteiger partial charge in [-0.2, -0.15) is 0 Å². The van der Waals surface area contributed by atoms with Crippen LogP contribution in [0.1, 0.15) is 96.3 Å². The summed E-state index contributed by atoms with van der Waals surface area (Å²) < 4.78 is 0. The monoisotopic (exact) mass is 300 g/mol. The van der Waals surface area contributed by atoms with Gasteiger partial charge in [0.05, 0.1) is 0 Å². The zero-order chi connectivity index (χ0) is 12.9. The minimum absolute atomic E-state index is 0. The van der Waals surface area contributed by atoms with Crippen LogP contribution in [-0.2, 0) is 0 Å². The van der Waals surface area contributed by atoms with Crippen molar-refractivity contribution in [3.8, 4) is 0 Å². The minimum atomic E-state index is 0. The van der Waals surface area contributed by atoms with E-state index in [9.17, 15) is 0 Å². The Morgan fingerprint density at radius 2 is 0.667 bits per heavy atom. The van der Waals surface area contributed by atoms with Crippen molar-refractivity contribution < 1.29 is 18.9 Å². The maximum atomic E-state index is 1.61. The minimum Gasteiger partial charge on any atom is -0.381 e. The molecule has 0 amide bonds. The molecule has 3 aliphatic carbocycles. The predicted molar refractivity (Wildman–Crippen MR) is 96.1 cm³/mol. The van der Waals surface area contributed by atoms with E-state index in [4.69, 9.17) is 0 Å². The fourth-order valence-corrected chi connectivity index (χ4v) is 9.71. The number of hydrogen-bond acceptors (Lipinski definition) is 0. The second-order valence-corrected chi connectivity index (χ2v) is 10.4. The zero-order valence-electron chi connectivity index (χ0n) is 14.8. The second-order valence-electron chi connectivity index (χ2n) is 7.32. The maximum absolute atomic E-state index is 1.61. The van der Waals surface area contributed by atoms with Crippen LogP contribution in [0.15, 0.2) is 0 Å². The molecule has 0 heterocycles. The molecule has 0 spiro atoms. The van der Waals surface area contributed by atoms with Gasteiger partial charge in [-0.1, -0.05) is 65.7 Å². The summed E-state index contributed by atoms with van der Waals surface area (Å²) in [5.41, 5.74) is 3.57. The third-order valence-corrected chi connectivity index (χ3v) is 10.1. The molecule has 0 saturated heterocycles. The Hall–Kier alpha value is 1.09. The summed E-state index contributed by atoms with van der Waals surface area (Å²) in [7, 11) is 0.385. The first-order valence-electron chi connectivity index (χ1n) is 9.22. The van der Waals surface area contributed by atoms with Crippen molar-refractivity contribution in [3.05, 3.63) is 0 Å². The van der Waals surface area contributed by atoms with Crippen LogP contribution < -0.4 is 18.9 Å². The van der Waals surface area contributed by atoms with E-state index in [0.29, 0.717) is 7.92 Å². The standard InChI is InChI=1S/C18H33P.BH2.Li/c1-4-10-16(11-5-1)19(17-12-6-2-7-13-17)18-14-8-3-9-15-18;;/h16-18H,1-15H2;1H2;/q;-1;+1. The smallest absolute Gasteiger partial charge is 0.381 e. The summed E-state index contributed by atoms with van der Waals surface area (Å²) in [6.45, 7) is 0. The Kier molecular flexibility index (Phi) is 10.3. The first kappa shape index (κ1) is 20.1. The molecule has 0 nitrogen and oxygen atoms in total. The van der Waals surface area contributed by atoms with Crippen LogP contribution in [0.2, 0.25) is 0 Å². The summed E-state index contributed by atoms with van der Waals surface area (Å²) in [5.74, 6) is 0. The summed E-state index contributed by atoms with van der Waals surface area (Å²) in [4.78, 5) is 0. The molecule has 3 heteroatoms. The van der Waals surface area contributed by atoms with Gasteiger partial charge in [0.2, 0.25) is 0 Å². The second kappa shape index (κ2) is 10.8. The van der Waals surface area contributed by atoms with Crippen molar-refractivity contribution in [3.63, 3.8) is 0 Å². The van der Waals surface area contributed by atoms with Crippen LogP contribution in [0.4, 0.5) is 0 Å². The van der Waals surface area contributed by atoms with Crippen molar-refractivity contribution in [1.82, 2.24) is 0 Å². The summed E-state index contributed by atoms with van der Waals surface area (Å²) in [6.07, 6.45) is 23.6. The molecule has 21 heavy (non-hydrogen) atoms. The van der Waals surface area contributed by atoms with Crippen molar-refractivity contribution in [2.24, 2.45) is 0 Å². The van der Waals surface area contributed by atoms with Gasteiger partial charge in [-0.25, -0.2) is 0 Å². The van der Waals surface area contributed by atoms with Crippen molar-refractivity contribution in [1.29, 1.82) is 0 Å². The first-order valence-corrected chi connectivity index (χ1v) is 10.8. The number of rotatable bonds is 3. The van der Waals surface area contributed by atoms with Gasteiger partial charge >= 0.3 is 18.9 Å². The molecule has 3 aliphatic rings. The van der Waals surface area contributed by atoms with Gasteiger partial charge in [0.1, 0.15) is 0 Å². The predicted octanol–water partition coefficient (Wildman–Crippen LogP) is 2.55. The molecule has 0 unspecified atom stereocenters. The molecular weight excluding hydrogens is 265 g/mol. The van der Waals surface area contributed by atoms with Gasteiger partial charge in [-0.15, -0.1) is 0 Å². The molecule has 0 aromatic rings. The van der Waals surface area contributed by atoms with Gasteiger partial charge in [0.25, 0.3) is 0 Å². The molecule has 2 radical (unpaired) electrons. The quantitative estimate of drug-likeness (QED) is 0.555. The third kappa shape index (κ3) is 5.59. The van der Waals surface area contributed by atoms with E-state index in [0.717, 1.165) is 0 Å². The molecule has 3 fully saturated rings. The first-order chi connectivity index (χ1) is 9.45. The van der Waals surface area contributed by atoms with Crippen molar-refractivity contribution in [2.75, 3.05) is 0 Å². The van der Waals surface area contributed by atoms with E-state index in [1.807, 2.05) is 0 Å². The molecular formula is C18H35BLiP. The summed E-state index contributed by atoms with van der Waals surface area (Å²) in [6, 6.07) is 0. The molecule has 0 atom stereocenters. The van der Waals surface area contributed by atoms with Gasteiger partial charge in [0, 0.05) is 0 Å². The molecule has 3 saturated carbocycles. The Morgan fingerprint density at radius 1 is 0.429 bits per heavy atom. The van der Waals surface area contributed by atoms with Gasteiger partial charge in [-0.05, 0) is 55.5 Å². The average Bonchev–Trinajstić information content (AvgIpc) is 2.51. The number of hydrogen-bond donors (Lipinski definition) is 0. The maximum Gasteiger partial charge on any atom is 1.00 e. The van der Waals surface area contributed by atoms with Gasteiger partial charge in [-0.3, -0.25) is 0 Å². The Bertz CT molecular complexity index is 213. The van der Waals surface area contributed by atoms with Gasteiger partial charge < -0.3 is 8.41 Å². The molecule has 0 aromatic heterocycles. The van der Waals surface area contributed by atoms with Crippen LogP contribution in [0.25, 0.3) is 0 Å². The van der Waals surface area contributed by atoms with E-state index < -0.39 is 0 Å². The summed E-state index contributed by atoms with van der Waals surface area (Å²) >= 11 is 0. The van der Waals surface area contributed by atoms with Crippen LogP contribution in [-0.4, -0.2) is 25.4 Å². The van der Waals surface area contributed by atoms with E-state index in [1.54, 1.807) is 77.0 Å². The molecule has 0 bridgehead atoms. The topological polar surface area (TPSA) is 0 Å². The van der Waals surface area contributed by atoms with Gasteiger partial charge in [0.15, 0.2) is 0 Å². The molecule has 0 N–H and O–H groups in total. The SMILES string of the molecule is C1CCC(P(C2CCCCC2)C2CCCCC2)CC1.[BH2-].[Li+]. The third-order valence-electron chi connectivity index (χ3n) is 5.99. The zero-order valence-corrected chi connectivity index (χ0v) is 15.7. The molecule has 3 rings (SSSR count). The van der Waals surface area contributed by atoms with Crippen LogP contribution >= 0.6 is 7.92 Å². The average molecular weight is 300 g/mol. The fourth-order valence-electron chi connectivity index (χ4n) is 5.03. The Balaban J connectivity index is 0.00000110. The Labute approximate surface area is 148 Å². The van der Waals surface area contributed by atoms with E-state index in [1.165, 1.54) is 36.2 Å². The van der Waals surface area contributed by atoms with Crippen LogP contribution in [0, 0.1) is 0 Å². The largest absolute Gasteiger partial charge is 1.00 e. The van der Waals surface area contributed by atoms with Crippen LogP contribution in [0.5, 0.6) is 0 Å². The normalized spacial score (nSPS) is 26.1. The molecule has 0 aliphatic heterocycles. The summed E-state index contributed by atoms with van der Waals surface area (Å²) in [5, 5.41) is 0. The van der Waals surface area contributed by atoms with Crippen molar-refractivity contribution in [2.45, 2.75) is 113 Å². The van der Waals surface area contributed by atoms with E-state index >= 15 is 0 Å². The van der Waals surface area contributed by atoms with E-state index in [-0.39, 0.29) is 27.3 Å². The van der Waals surface area contributed by atoms with Crippen molar-refractivity contribution >= 4 is 16.3 Å².